The van der Waals surface area contributed by atoms with E-state index in [0.29, 0.717) is 13.2 Å². The number of ether oxygens (including phenoxy) is 2. The summed E-state index contributed by atoms with van der Waals surface area (Å²) < 4.78 is 11.8. The quantitative estimate of drug-likeness (QED) is 0.641. The number of carbonyl (C=O) groups is 1. The number of aryl methyl sites for hydroxylation is 2. The van der Waals surface area contributed by atoms with Crippen molar-refractivity contribution < 1.29 is 14.3 Å². The predicted molar refractivity (Wildman–Crippen MR) is 118 cm³/mol. The van der Waals surface area contributed by atoms with Crippen molar-refractivity contribution in [2.75, 3.05) is 18.5 Å². The number of carbonyl (C=O) groups excluding carboxylic acids is 1. The Morgan fingerprint density at radius 3 is 2.53 bits per heavy atom. The van der Waals surface area contributed by atoms with Gasteiger partial charge >= 0.3 is 0 Å². The lowest BCUT2D eigenvalue weighted by atomic mass is 10.0. The number of anilines is 1. The van der Waals surface area contributed by atoms with E-state index in [1.165, 1.54) is 0 Å². The Morgan fingerprint density at radius 2 is 1.73 bits per heavy atom. The topological polar surface area (TPSA) is 59.6 Å². The fourth-order valence-corrected chi connectivity index (χ4v) is 3.50. The van der Waals surface area contributed by atoms with E-state index in [1.807, 2.05) is 86.6 Å². The molecule has 0 fully saturated rings. The van der Waals surface area contributed by atoms with Crippen LogP contribution in [0.5, 0.6) is 11.5 Å². The summed E-state index contributed by atoms with van der Waals surface area (Å²) in [6.45, 7) is 4.92. The van der Waals surface area contributed by atoms with Gasteiger partial charge in [-0.3, -0.25) is 10.1 Å². The molecule has 2 atom stereocenters. The first-order chi connectivity index (χ1) is 14.6. The number of amides is 1. The molecule has 5 heteroatoms. The third-order valence-electron chi connectivity index (χ3n) is 5.16. The maximum Gasteiger partial charge on any atom is 0.246 e. The molecular weight excluding hydrogens is 376 g/mol. The van der Waals surface area contributed by atoms with Crippen molar-refractivity contribution in [3.63, 3.8) is 0 Å². The van der Waals surface area contributed by atoms with Gasteiger partial charge in [0.2, 0.25) is 5.91 Å². The number of rotatable bonds is 6. The normalized spacial score (nSPS) is 16.0. The Kier molecular flexibility index (Phi) is 6.00. The van der Waals surface area contributed by atoms with Gasteiger partial charge in [0, 0.05) is 12.2 Å². The molecule has 3 aromatic carbocycles. The van der Waals surface area contributed by atoms with E-state index >= 15 is 0 Å². The van der Waals surface area contributed by atoms with Gasteiger partial charge in [0.25, 0.3) is 0 Å². The molecule has 5 nitrogen and oxygen atoms in total. The van der Waals surface area contributed by atoms with Gasteiger partial charge in [-0.05, 0) is 48.7 Å². The van der Waals surface area contributed by atoms with Crippen LogP contribution in [0.15, 0.2) is 72.8 Å². The largest absolute Gasteiger partial charge is 0.486 e. The summed E-state index contributed by atoms with van der Waals surface area (Å²) in [7, 11) is 0. The van der Waals surface area contributed by atoms with Gasteiger partial charge in [-0.25, -0.2) is 0 Å². The molecule has 0 spiro atoms. The molecule has 0 aromatic heterocycles. The van der Waals surface area contributed by atoms with Crippen molar-refractivity contribution in [1.82, 2.24) is 5.32 Å². The fourth-order valence-electron chi connectivity index (χ4n) is 3.50. The Hall–Kier alpha value is -3.31. The van der Waals surface area contributed by atoms with Crippen molar-refractivity contribution in [3.05, 3.63) is 89.5 Å². The van der Waals surface area contributed by atoms with Crippen LogP contribution in [-0.4, -0.2) is 25.2 Å². The average molecular weight is 402 g/mol. The molecule has 1 amide bonds. The molecule has 0 saturated carbocycles. The van der Waals surface area contributed by atoms with Crippen LogP contribution >= 0.6 is 0 Å². The number of benzene rings is 3. The molecule has 3 aromatic rings. The van der Waals surface area contributed by atoms with Gasteiger partial charge in [0.05, 0.1) is 0 Å². The van der Waals surface area contributed by atoms with Gasteiger partial charge < -0.3 is 14.8 Å². The van der Waals surface area contributed by atoms with Crippen LogP contribution in [0.3, 0.4) is 0 Å². The lowest BCUT2D eigenvalue weighted by molar-refractivity contribution is -0.118. The molecule has 0 unspecified atom stereocenters. The minimum Gasteiger partial charge on any atom is -0.486 e. The van der Waals surface area contributed by atoms with E-state index in [2.05, 4.69) is 10.6 Å². The molecule has 30 heavy (non-hydrogen) atoms. The highest BCUT2D eigenvalue weighted by molar-refractivity contribution is 5.96. The number of nitrogens with one attached hydrogen (secondary N) is 2. The van der Waals surface area contributed by atoms with Gasteiger partial charge in [-0.2, -0.15) is 0 Å². The Bertz CT molecular complexity index is 1020. The third kappa shape index (κ3) is 4.63. The first-order valence-electron chi connectivity index (χ1n) is 10.1. The molecule has 154 valence electrons. The first kappa shape index (κ1) is 20.0. The monoisotopic (exact) mass is 402 g/mol. The second-order valence-corrected chi connectivity index (χ2v) is 7.56. The van der Waals surface area contributed by atoms with E-state index in [4.69, 9.17) is 9.47 Å². The zero-order chi connectivity index (χ0) is 20.9. The van der Waals surface area contributed by atoms with Crippen LogP contribution in [0.1, 0.15) is 22.7 Å². The van der Waals surface area contributed by atoms with E-state index in [1.54, 1.807) is 0 Å². The van der Waals surface area contributed by atoms with E-state index in [-0.39, 0.29) is 12.0 Å². The number of fused-ring (bicyclic) bond motifs is 1. The average Bonchev–Trinajstić information content (AvgIpc) is 2.77. The van der Waals surface area contributed by atoms with Crippen molar-refractivity contribution in [1.29, 1.82) is 0 Å². The molecule has 0 saturated heterocycles. The number of hydrogen-bond donors (Lipinski definition) is 2. The van der Waals surface area contributed by atoms with Gasteiger partial charge in [-0.15, -0.1) is 0 Å². The van der Waals surface area contributed by atoms with Crippen molar-refractivity contribution >= 4 is 11.6 Å². The van der Waals surface area contributed by atoms with Crippen molar-refractivity contribution in [2.24, 2.45) is 0 Å². The highest BCUT2D eigenvalue weighted by Gasteiger charge is 2.25. The number of para-hydroxylation sites is 2. The standard InChI is InChI=1S/C25H26N2O3/c1-17-12-13-18(2)21(14-17)27-25(28)24(19-8-4-3-5-9-19)26-15-20-16-29-22-10-6-7-11-23(22)30-20/h3-14,20,24,26H,15-16H2,1-2H3,(H,27,28)/t20-,24-/m1/s1. The van der Waals surface area contributed by atoms with E-state index in [0.717, 1.165) is 33.9 Å². The molecule has 2 N–H and O–H groups in total. The number of hydrogen-bond acceptors (Lipinski definition) is 4. The van der Waals surface area contributed by atoms with Crippen molar-refractivity contribution in [2.45, 2.75) is 26.0 Å². The highest BCUT2D eigenvalue weighted by Crippen LogP contribution is 2.31. The van der Waals surface area contributed by atoms with Crippen LogP contribution in [0.2, 0.25) is 0 Å². The van der Waals surface area contributed by atoms with Crippen LogP contribution in [0, 0.1) is 13.8 Å². The maximum absolute atomic E-state index is 13.2. The fraction of sp³-hybridized carbons (Fsp3) is 0.240. The molecular formula is C25H26N2O3. The van der Waals surface area contributed by atoms with Crippen LogP contribution in [0.4, 0.5) is 5.69 Å². The molecule has 4 rings (SSSR count). The van der Waals surface area contributed by atoms with Gasteiger partial charge in [0.15, 0.2) is 11.5 Å². The summed E-state index contributed by atoms with van der Waals surface area (Å²) in [6, 6.07) is 22.9. The second kappa shape index (κ2) is 9.01. The van der Waals surface area contributed by atoms with E-state index < -0.39 is 6.04 Å². The summed E-state index contributed by atoms with van der Waals surface area (Å²) in [6.07, 6.45) is -0.181. The summed E-state index contributed by atoms with van der Waals surface area (Å²) in [5.74, 6) is 1.37. The van der Waals surface area contributed by atoms with Crippen LogP contribution in [-0.2, 0) is 4.79 Å². The lowest BCUT2D eigenvalue weighted by Gasteiger charge is -2.28. The van der Waals surface area contributed by atoms with Crippen LogP contribution < -0.4 is 20.1 Å². The molecule has 0 bridgehead atoms. The van der Waals surface area contributed by atoms with Gasteiger partial charge in [0.1, 0.15) is 18.8 Å². The van der Waals surface area contributed by atoms with Gasteiger partial charge in [-0.1, -0.05) is 54.6 Å². The zero-order valence-corrected chi connectivity index (χ0v) is 17.2. The molecule has 1 heterocycles. The summed E-state index contributed by atoms with van der Waals surface area (Å²) in [5, 5.41) is 6.45. The van der Waals surface area contributed by atoms with Crippen molar-refractivity contribution in [3.8, 4) is 11.5 Å². The summed E-state index contributed by atoms with van der Waals surface area (Å²) >= 11 is 0. The summed E-state index contributed by atoms with van der Waals surface area (Å²) in [5.41, 5.74) is 3.86. The minimum absolute atomic E-state index is 0.105. The minimum atomic E-state index is -0.508. The molecule has 0 aliphatic carbocycles. The third-order valence-corrected chi connectivity index (χ3v) is 5.16. The lowest BCUT2D eigenvalue weighted by Crippen LogP contribution is -2.42. The molecule has 1 aliphatic rings. The predicted octanol–water partition coefficient (Wildman–Crippen LogP) is 4.41. The van der Waals surface area contributed by atoms with E-state index in [9.17, 15) is 4.79 Å². The summed E-state index contributed by atoms with van der Waals surface area (Å²) in [4.78, 5) is 13.2. The Morgan fingerprint density at radius 1 is 1.00 bits per heavy atom. The SMILES string of the molecule is Cc1ccc(C)c(NC(=O)[C@H](NC[C@@H]2COc3ccccc3O2)c2ccccc2)c1. The first-order valence-corrected chi connectivity index (χ1v) is 10.1. The zero-order valence-electron chi connectivity index (χ0n) is 17.2. The Labute approximate surface area is 177 Å². The Balaban J connectivity index is 1.48. The molecule has 0 radical (unpaired) electrons. The molecule has 1 aliphatic heterocycles. The highest BCUT2D eigenvalue weighted by atomic mass is 16.6. The van der Waals surface area contributed by atoms with Crippen LogP contribution in [0.25, 0.3) is 0 Å². The smallest absolute Gasteiger partial charge is 0.246 e. The maximum atomic E-state index is 13.2. The second-order valence-electron chi connectivity index (χ2n) is 7.56.